The van der Waals surface area contributed by atoms with Gasteiger partial charge in [0.15, 0.2) is 5.13 Å². The number of methoxy groups -OCH3 is 2. The van der Waals surface area contributed by atoms with Crippen molar-refractivity contribution in [2.24, 2.45) is 0 Å². The number of aryl methyl sites for hydroxylation is 1. The van der Waals surface area contributed by atoms with E-state index in [-0.39, 0.29) is 12.5 Å². The molecule has 0 spiro atoms. The first-order valence-corrected chi connectivity index (χ1v) is 10.2. The third-order valence-electron chi connectivity index (χ3n) is 4.66. The minimum absolute atomic E-state index is 0.197. The summed E-state index contributed by atoms with van der Waals surface area (Å²) in [7, 11) is 3.20. The highest BCUT2D eigenvalue weighted by molar-refractivity contribution is 7.22. The summed E-state index contributed by atoms with van der Waals surface area (Å²) >= 11 is 1.38. The van der Waals surface area contributed by atoms with Crippen molar-refractivity contribution in [2.45, 2.75) is 20.0 Å². The molecule has 4 aromatic rings. The largest absolute Gasteiger partial charge is 0.495 e. The number of nitrogens with zero attached hydrogens (tertiary/aromatic N) is 5. The molecular weight excluding hydrogens is 402 g/mol. The first-order chi connectivity index (χ1) is 14.7. The quantitative estimate of drug-likeness (QED) is 0.450. The lowest BCUT2D eigenvalue weighted by atomic mass is 10.3. The van der Waals surface area contributed by atoms with Gasteiger partial charge in [0, 0.05) is 18.9 Å². The van der Waals surface area contributed by atoms with Crippen LogP contribution < -0.4 is 14.4 Å². The highest BCUT2D eigenvalue weighted by Crippen LogP contribution is 2.40. The number of ether oxygens (including phenoxy) is 2. The zero-order chi connectivity index (χ0) is 21.1. The van der Waals surface area contributed by atoms with Gasteiger partial charge in [-0.25, -0.2) is 4.98 Å². The molecular formula is C21H21N5O3S. The standard InChI is InChI=1S/C21H21N5O3S/c1-4-26-15(10-12-23-26)20(27)25(13-14-7-5-6-11-22-14)21-24-18-16(28-2)8-9-17(29-3)19(18)30-21/h5-12H,4,13H2,1-3H3. The number of carbonyl (C=O) groups excluding carboxylic acids is 1. The monoisotopic (exact) mass is 423 g/mol. The second-order valence-corrected chi connectivity index (χ2v) is 7.37. The molecule has 0 aliphatic heterocycles. The Labute approximate surface area is 177 Å². The maximum atomic E-state index is 13.5. The molecule has 3 aromatic heterocycles. The highest BCUT2D eigenvalue weighted by Gasteiger charge is 2.26. The number of benzene rings is 1. The summed E-state index contributed by atoms with van der Waals surface area (Å²) in [6.07, 6.45) is 3.33. The van der Waals surface area contributed by atoms with E-state index in [2.05, 4.69) is 10.1 Å². The van der Waals surface area contributed by atoms with Gasteiger partial charge in [0.1, 0.15) is 27.4 Å². The Balaban J connectivity index is 1.84. The van der Waals surface area contributed by atoms with Crippen LogP contribution in [-0.4, -0.2) is 39.9 Å². The second-order valence-electron chi connectivity index (χ2n) is 6.39. The van der Waals surface area contributed by atoms with Gasteiger partial charge in [-0.3, -0.25) is 19.4 Å². The summed E-state index contributed by atoms with van der Waals surface area (Å²) in [6.45, 7) is 2.81. The topological polar surface area (TPSA) is 82.4 Å². The molecule has 0 saturated carbocycles. The van der Waals surface area contributed by atoms with Gasteiger partial charge >= 0.3 is 0 Å². The lowest BCUT2D eigenvalue weighted by molar-refractivity contribution is 0.0974. The third kappa shape index (κ3) is 3.59. The number of rotatable bonds is 7. The van der Waals surface area contributed by atoms with E-state index in [1.54, 1.807) is 42.3 Å². The minimum atomic E-state index is -0.197. The summed E-state index contributed by atoms with van der Waals surface area (Å²) in [5.41, 5.74) is 1.90. The molecule has 0 aliphatic rings. The molecule has 0 fully saturated rings. The van der Waals surface area contributed by atoms with Crippen LogP contribution in [0.3, 0.4) is 0 Å². The van der Waals surface area contributed by atoms with Gasteiger partial charge in [0.05, 0.1) is 26.5 Å². The molecule has 0 N–H and O–H groups in total. The van der Waals surface area contributed by atoms with Crippen molar-refractivity contribution in [3.8, 4) is 11.5 Å². The first-order valence-electron chi connectivity index (χ1n) is 9.41. The highest BCUT2D eigenvalue weighted by atomic mass is 32.1. The van der Waals surface area contributed by atoms with E-state index in [4.69, 9.17) is 14.5 Å². The zero-order valence-electron chi connectivity index (χ0n) is 16.9. The summed E-state index contributed by atoms with van der Waals surface area (Å²) in [5.74, 6) is 1.10. The molecule has 0 aliphatic carbocycles. The van der Waals surface area contributed by atoms with Crippen LogP contribution in [0, 0.1) is 0 Å². The number of thiazole rings is 1. The molecule has 3 heterocycles. The van der Waals surface area contributed by atoms with Crippen LogP contribution in [0.4, 0.5) is 5.13 Å². The molecule has 30 heavy (non-hydrogen) atoms. The lowest BCUT2D eigenvalue weighted by Crippen LogP contribution is -2.32. The first kappa shape index (κ1) is 19.8. The van der Waals surface area contributed by atoms with E-state index in [9.17, 15) is 4.79 Å². The molecule has 1 amide bonds. The molecule has 1 aromatic carbocycles. The fraction of sp³-hybridized carbons (Fsp3) is 0.238. The second kappa shape index (κ2) is 8.50. The molecule has 0 bridgehead atoms. The van der Waals surface area contributed by atoms with Crippen molar-refractivity contribution in [1.82, 2.24) is 19.7 Å². The molecule has 0 radical (unpaired) electrons. The van der Waals surface area contributed by atoms with Crippen LogP contribution in [0.15, 0.2) is 48.8 Å². The van der Waals surface area contributed by atoms with Crippen molar-refractivity contribution in [3.05, 3.63) is 60.2 Å². The van der Waals surface area contributed by atoms with E-state index < -0.39 is 0 Å². The Bertz CT molecular complexity index is 1130. The molecule has 0 atom stereocenters. The number of aromatic nitrogens is 4. The molecule has 9 heteroatoms. The van der Waals surface area contributed by atoms with Crippen molar-refractivity contribution >= 4 is 32.6 Å². The fourth-order valence-corrected chi connectivity index (χ4v) is 4.25. The van der Waals surface area contributed by atoms with Gasteiger partial charge in [-0.15, -0.1) is 0 Å². The normalized spacial score (nSPS) is 10.9. The molecule has 0 unspecified atom stereocenters. The van der Waals surface area contributed by atoms with Gasteiger partial charge < -0.3 is 9.47 Å². The minimum Gasteiger partial charge on any atom is -0.495 e. The Morgan fingerprint density at radius 1 is 1.10 bits per heavy atom. The third-order valence-corrected chi connectivity index (χ3v) is 5.75. The van der Waals surface area contributed by atoms with Crippen molar-refractivity contribution in [3.63, 3.8) is 0 Å². The summed E-state index contributed by atoms with van der Waals surface area (Å²) in [5, 5.41) is 4.77. The van der Waals surface area contributed by atoms with Gasteiger partial charge in [0.25, 0.3) is 5.91 Å². The van der Waals surface area contributed by atoms with E-state index in [1.807, 2.05) is 37.3 Å². The van der Waals surface area contributed by atoms with Crippen molar-refractivity contribution in [1.29, 1.82) is 0 Å². The number of fused-ring (bicyclic) bond motifs is 1. The van der Waals surface area contributed by atoms with Crippen LogP contribution in [-0.2, 0) is 13.1 Å². The Hall–Kier alpha value is -3.46. The Kier molecular flexibility index (Phi) is 5.62. The van der Waals surface area contributed by atoms with Crippen molar-refractivity contribution < 1.29 is 14.3 Å². The average Bonchev–Trinajstić information content (AvgIpc) is 3.44. The smallest absolute Gasteiger partial charge is 0.278 e. The molecule has 8 nitrogen and oxygen atoms in total. The maximum Gasteiger partial charge on any atom is 0.278 e. The Morgan fingerprint density at radius 3 is 2.60 bits per heavy atom. The van der Waals surface area contributed by atoms with E-state index >= 15 is 0 Å². The molecule has 4 rings (SSSR count). The lowest BCUT2D eigenvalue weighted by Gasteiger charge is -2.19. The van der Waals surface area contributed by atoms with Crippen LogP contribution >= 0.6 is 11.3 Å². The predicted molar refractivity (Wildman–Crippen MR) is 115 cm³/mol. The number of amides is 1. The summed E-state index contributed by atoms with van der Waals surface area (Å²) in [4.78, 5) is 24.3. The van der Waals surface area contributed by atoms with E-state index in [1.165, 1.54) is 11.3 Å². The van der Waals surface area contributed by atoms with Crippen LogP contribution in [0.5, 0.6) is 11.5 Å². The number of hydrogen-bond acceptors (Lipinski definition) is 7. The van der Waals surface area contributed by atoms with Crippen molar-refractivity contribution in [2.75, 3.05) is 19.1 Å². The fourth-order valence-electron chi connectivity index (χ4n) is 3.17. The van der Waals surface area contributed by atoms with Gasteiger partial charge in [0.2, 0.25) is 0 Å². The van der Waals surface area contributed by atoms with Crippen LogP contribution in [0.2, 0.25) is 0 Å². The number of hydrogen-bond donors (Lipinski definition) is 0. The molecule has 154 valence electrons. The van der Waals surface area contributed by atoms with Gasteiger partial charge in [-0.05, 0) is 37.3 Å². The zero-order valence-corrected chi connectivity index (χ0v) is 17.7. The summed E-state index contributed by atoms with van der Waals surface area (Å²) in [6, 6.07) is 11.0. The number of anilines is 1. The number of pyridine rings is 1. The maximum absolute atomic E-state index is 13.5. The average molecular weight is 423 g/mol. The van der Waals surface area contributed by atoms with E-state index in [0.717, 1.165) is 10.4 Å². The summed E-state index contributed by atoms with van der Waals surface area (Å²) < 4.78 is 13.4. The number of carbonyl (C=O) groups is 1. The molecule has 0 saturated heterocycles. The predicted octanol–water partition coefficient (Wildman–Crippen LogP) is 3.77. The Morgan fingerprint density at radius 2 is 1.90 bits per heavy atom. The van der Waals surface area contributed by atoms with Crippen LogP contribution in [0.25, 0.3) is 10.2 Å². The van der Waals surface area contributed by atoms with Crippen LogP contribution in [0.1, 0.15) is 23.1 Å². The SMILES string of the molecule is CCn1nccc1C(=O)N(Cc1ccccn1)c1nc2c(OC)ccc(OC)c2s1. The van der Waals surface area contributed by atoms with Gasteiger partial charge in [-0.2, -0.15) is 5.10 Å². The van der Waals surface area contributed by atoms with E-state index in [0.29, 0.717) is 34.4 Å². The van der Waals surface area contributed by atoms with Gasteiger partial charge in [-0.1, -0.05) is 17.4 Å².